The molecule has 0 saturated heterocycles. The van der Waals surface area contributed by atoms with Gasteiger partial charge in [0.05, 0.1) is 11.4 Å². The Labute approximate surface area is 119 Å². The van der Waals surface area contributed by atoms with Crippen molar-refractivity contribution >= 4 is 23.4 Å². The molecule has 1 aromatic rings. The molecule has 5 nitrogen and oxygen atoms in total. The molecule has 0 fully saturated rings. The van der Waals surface area contributed by atoms with Crippen LogP contribution < -0.4 is 11.1 Å². The van der Waals surface area contributed by atoms with E-state index >= 15 is 0 Å². The van der Waals surface area contributed by atoms with Gasteiger partial charge in [-0.25, -0.2) is 0 Å². The lowest BCUT2D eigenvalue weighted by molar-refractivity contribution is 0.0935. The number of carbonyl (C=O) groups is 1. The first kappa shape index (κ1) is 15.9. The Morgan fingerprint density at radius 1 is 1.47 bits per heavy atom. The molecule has 1 unspecified atom stereocenters. The minimum Gasteiger partial charge on any atom is -0.395 e. The second kappa shape index (κ2) is 7.43. The summed E-state index contributed by atoms with van der Waals surface area (Å²) in [5.74, 6) is 2.18. The molecule has 0 radical (unpaired) electrons. The van der Waals surface area contributed by atoms with Crippen LogP contribution in [0.5, 0.6) is 0 Å². The highest BCUT2D eigenvalue weighted by atomic mass is 32.2. The molecule has 0 aliphatic rings. The van der Waals surface area contributed by atoms with Gasteiger partial charge in [0, 0.05) is 6.04 Å². The monoisotopic (exact) mass is 284 g/mol. The summed E-state index contributed by atoms with van der Waals surface area (Å²) in [5.41, 5.74) is 7.53. The lowest BCUT2D eigenvalue weighted by atomic mass is 10.1. The van der Waals surface area contributed by atoms with E-state index in [2.05, 4.69) is 22.4 Å². The smallest absolute Gasteiger partial charge is 0.274 e. The summed E-state index contributed by atoms with van der Waals surface area (Å²) in [6.45, 7) is 8.15. The predicted octanol–water partition coefficient (Wildman–Crippen LogP) is 2.38. The molecule has 6 heteroatoms. The average molecular weight is 284 g/mol. The number of rotatable bonds is 7. The lowest BCUT2D eigenvalue weighted by Gasteiger charge is -2.12. The van der Waals surface area contributed by atoms with Crippen molar-refractivity contribution in [2.24, 2.45) is 0 Å². The molecule has 0 spiro atoms. The van der Waals surface area contributed by atoms with E-state index in [-0.39, 0.29) is 17.9 Å². The zero-order valence-corrected chi connectivity index (χ0v) is 12.9. The number of aromatic nitrogens is 2. The highest BCUT2D eigenvalue weighted by molar-refractivity contribution is 7.99. The molecule has 1 rings (SSSR count). The van der Waals surface area contributed by atoms with E-state index < -0.39 is 0 Å². The summed E-state index contributed by atoms with van der Waals surface area (Å²) in [7, 11) is 0. The second-order valence-electron chi connectivity index (χ2n) is 4.91. The van der Waals surface area contributed by atoms with Gasteiger partial charge in [-0.1, -0.05) is 20.8 Å². The summed E-state index contributed by atoms with van der Waals surface area (Å²) < 4.78 is 0. The van der Waals surface area contributed by atoms with E-state index in [0.29, 0.717) is 11.4 Å². The van der Waals surface area contributed by atoms with E-state index in [1.165, 1.54) is 0 Å². The fourth-order valence-electron chi connectivity index (χ4n) is 1.75. The number of nitrogens with one attached hydrogen (secondary N) is 2. The van der Waals surface area contributed by atoms with Gasteiger partial charge < -0.3 is 11.1 Å². The minimum absolute atomic E-state index is 0.130. The molecule has 1 amide bonds. The van der Waals surface area contributed by atoms with Crippen molar-refractivity contribution < 1.29 is 4.79 Å². The number of carbonyl (C=O) groups excluding carboxylic acids is 1. The number of nitrogen functional groups attached to an aromatic ring is 1. The summed E-state index contributed by atoms with van der Waals surface area (Å²) in [6.07, 6.45) is 0.950. The largest absolute Gasteiger partial charge is 0.395 e. The molecule has 1 heterocycles. The van der Waals surface area contributed by atoms with Gasteiger partial charge in [0.15, 0.2) is 5.69 Å². The van der Waals surface area contributed by atoms with Gasteiger partial charge in [0.1, 0.15) is 0 Å². The Kier molecular flexibility index (Phi) is 6.21. The zero-order chi connectivity index (χ0) is 14.4. The second-order valence-corrected chi connectivity index (χ2v) is 6.31. The summed E-state index contributed by atoms with van der Waals surface area (Å²) in [4.78, 5) is 12.1. The molecule has 4 N–H and O–H groups in total. The number of thioether (sulfide) groups is 1. The van der Waals surface area contributed by atoms with Gasteiger partial charge in [0.25, 0.3) is 5.91 Å². The molecule has 0 aromatic carbocycles. The zero-order valence-electron chi connectivity index (χ0n) is 12.1. The Balaban J connectivity index is 2.58. The number of amides is 1. The predicted molar refractivity (Wildman–Crippen MR) is 81.6 cm³/mol. The van der Waals surface area contributed by atoms with E-state index in [0.717, 1.165) is 23.6 Å². The van der Waals surface area contributed by atoms with Crippen LogP contribution in [0.15, 0.2) is 0 Å². The van der Waals surface area contributed by atoms with Gasteiger partial charge in [-0.05, 0) is 30.8 Å². The molecule has 19 heavy (non-hydrogen) atoms. The Bertz CT molecular complexity index is 417. The summed E-state index contributed by atoms with van der Waals surface area (Å²) >= 11 is 1.87. The highest BCUT2D eigenvalue weighted by Crippen LogP contribution is 2.22. The third kappa shape index (κ3) is 4.45. The number of aromatic amines is 1. The first-order valence-electron chi connectivity index (χ1n) is 6.69. The van der Waals surface area contributed by atoms with E-state index in [1.54, 1.807) is 0 Å². The van der Waals surface area contributed by atoms with Gasteiger partial charge in [0.2, 0.25) is 0 Å². The number of nitrogens with two attached hydrogens (primary N) is 1. The quantitative estimate of drug-likeness (QED) is 0.671. The van der Waals surface area contributed by atoms with Gasteiger partial charge in [-0.2, -0.15) is 16.9 Å². The third-order valence-electron chi connectivity index (χ3n) is 2.90. The number of H-pyrrole nitrogens is 1. The normalized spacial score (nSPS) is 12.7. The topological polar surface area (TPSA) is 83.8 Å². The van der Waals surface area contributed by atoms with E-state index in [4.69, 9.17) is 5.73 Å². The van der Waals surface area contributed by atoms with Gasteiger partial charge >= 0.3 is 0 Å². The Hall–Kier alpha value is -1.17. The number of hydrogen-bond acceptors (Lipinski definition) is 4. The van der Waals surface area contributed by atoms with Gasteiger partial charge in [-0.3, -0.25) is 9.89 Å². The molecular formula is C13H24N4OS. The molecule has 0 aliphatic carbocycles. The SMILES string of the molecule is CCSCCC(C)NC(=O)c1n[nH]c(C(C)C)c1N. The minimum atomic E-state index is -0.199. The maximum atomic E-state index is 12.1. The van der Waals surface area contributed by atoms with Crippen LogP contribution in [0.3, 0.4) is 0 Å². The van der Waals surface area contributed by atoms with Crippen molar-refractivity contribution in [1.29, 1.82) is 0 Å². The average Bonchev–Trinajstić information content (AvgIpc) is 2.71. The van der Waals surface area contributed by atoms with Crippen molar-refractivity contribution in [3.05, 3.63) is 11.4 Å². The summed E-state index contributed by atoms with van der Waals surface area (Å²) in [6, 6.07) is 0.130. The van der Waals surface area contributed by atoms with Crippen LogP contribution in [0.2, 0.25) is 0 Å². The molecule has 1 atom stereocenters. The number of hydrogen-bond donors (Lipinski definition) is 3. The number of nitrogens with zero attached hydrogens (tertiary/aromatic N) is 1. The maximum absolute atomic E-state index is 12.1. The van der Waals surface area contributed by atoms with Crippen molar-refractivity contribution in [2.45, 2.75) is 46.1 Å². The Morgan fingerprint density at radius 2 is 2.16 bits per heavy atom. The van der Waals surface area contributed by atoms with Crippen LogP contribution >= 0.6 is 11.8 Å². The third-order valence-corrected chi connectivity index (χ3v) is 3.84. The van der Waals surface area contributed by atoms with Crippen LogP contribution in [0.4, 0.5) is 5.69 Å². The Morgan fingerprint density at radius 3 is 2.68 bits per heavy atom. The molecule has 1 aromatic heterocycles. The van der Waals surface area contributed by atoms with Gasteiger partial charge in [-0.15, -0.1) is 0 Å². The van der Waals surface area contributed by atoms with Crippen molar-refractivity contribution in [1.82, 2.24) is 15.5 Å². The highest BCUT2D eigenvalue weighted by Gasteiger charge is 2.19. The van der Waals surface area contributed by atoms with Crippen LogP contribution in [0.25, 0.3) is 0 Å². The van der Waals surface area contributed by atoms with Crippen LogP contribution in [0, 0.1) is 0 Å². The number of anilines is 1. The molecule has 0 aliphatic heterocycles. The van der Waals surface area contributed by atoms with Crippen molar-refractivity contribution in [2.75, 3.05) is 17.2 Å². The summed E-state index contributed by atoms with van der Waals surface area (Å²) in [5, 5.41) is 9.79. The fraction of sp³-hybridized carbons (Fsp3) is 0.692. The van der Waals surface area contributed by atoms with Crippen molar-refractivity contribution in [3.63, 3.8) is 0 Å². The fourth-order valence-corrected chi connectivity index (χ4v) is 2.55. The van der Waals surface area contributed by atoms with E-state index in [1.807, 2.05) is 32.5 Å². The van der Waals surface area contributed by atoms with Crippen LogP contribution in [-0.4, -0.2) is 33.7 Å². The molecule has 0 bridgehead atoms. The first-order chi connectivity index (χ1) is 8.97. The lowest BCUT2D eigenvalue weighted by Crippen LogP contribution is -2.33. The molecule has 0 saturated carbocycles. The van der Waals surface area contributed by atoms with Crippen LogP contribution in [-0.2, 0) is 0 Å². The molecule has 108 valence electrons. The van der Waals surface area contributed by atoms with E-state index in [9.17, 15) is 4.79 Å². The molecular weight excluding hydrogens is 260 g/mol. The maximum Gasteiger partial charge on any atom is 0.274 e. The van der Waals surface area contributed by atoms with Crippen molar-refractivity contribution in [3.8, 4) is 0 Å². The van der Waals surface area contributed by atoms with Crippen LogP contribution in [0.1, 0.15) is 56.2 Å². The first-order valence-corrected chi connectivity index (χ1v) is 7.85. The standard InChI is InChI=1S/C13H24N4OS/c1-5-19-7-6-9(4)15-13(18)12-10(14)11(8(2)3)16-17-12/h8-9H,5-7,14H2,1-4H3,(H,15,18)(H,16,17).